The molecule has 0 bridgehead atoms. The summed E-state index contributed by atoms with van der Waals surface area (Å²) < 4.78 is 13.0. The van der Waals surface area contributed by atoms with Gasteiger partial charge in [0, 0.05) is 11.1 Å². The number of aliphatic hydroxyl groups is 2. The maximum Gasteiger partial charge on any atom is 0.335 e. The van der Waals surface area contributed by atoms with Crippen molar-refractivity contribution in [1.82, 2.24) is 0 Å². The second-order valence-electron chi connectivity index (χ2n) is 3.30. The van der Waals surface area contributed by atoms with Gasteiger partial charge in [-0.3, -0.25) is 0 Å². The summed E-state index contributed by atoms with van der Waals surface area (Å²) in [6, 6.07) is 2.19. The Morgan fingerprint density at radius 3 is 2.50 bits per heavy atom. The lowest BCUT2D eigenvalue weighted by atomic mass is 10.0. The zero-order chi connectivity index (χ0) is 12.5. The first-order valence-electron chi connectivity index (χ1n) is 4.39. The maximum atomic E-state index is 13.0. The van der Waals surface area contributed by atoms with Gasteiger partial charge in [-0.05, 0) is 13.0 Å². The summed E-state index contributed by atoms with van der Waals surface area (Å²) in [5.41, 5.74) is 0.0753. The molecule has 0 radical (unpaired) electrons. The van der Waals surface area contributed by atoms with E-state index < -0.39 is 24.0 Å². The molecule has 0 fully saturated rings. The van der Waals surface area contributed by atoms with Gasteiger partial charge in [-0.25, -0.2) is 9.18 Å². The molecule has 6 heteroatoms. The number of aliphatic hydroxyl groups excluding tert-OH is 2. The van der Waals surface area contributed by atoms with E-state index in [0.717, 1.165) is 12.1 Å². The minimum absolute atomic E-state index is 0.0181. The van der Waals surface area contributed by atoms with Gasteiger partial charge in [0.1, 0.15) is 11.9 Å². The number of carboxylic acid groups (broad SMARTS) is 1. The Morgan fingerprint density at radius 2 is 2.00 bits per heavy atom. The fourth-order valence-electron chi connectivity index (χ4n) is 1.22. The number of hydrogen-bond acceptors (Lipinski definition) is 3. The molecule has 0 aliphatic carbocycles. The molecule has 88 valence electrons. The fourth-order valence-corrected chi connectivity index (χ4v) is 1.48. The van der Waals surface area contributed by atoms with Gasteiger partial charge in [0.05, 0.1) is 5.02 Å². The maximum absolute atomic E-state index is 13.0. The molecule has 2 unspecified atom stereocenters. The van der Waals surface area contributed by atoms with E-state index in [1.807, 2.05) is 0 Å². The summed E-state index contributed by atoms with van der Waals surface area (Å²) in [6.45, 7) is 1.39. The number of hydrogen-bond donors (Lipinski definition) is 3. The van der Waals surface area contributed by atoms with Crippen LogP contribution in [0.4, 0.5) is 4.39 Å². The molecule has 0 heterocycles. The van der Waals surface area contributed by atoms with Crippen molar-refractivity contribution in [2.24, 2.45) is 0 Å². The van der Waals surface area contributed by atoms with Crippen LogP contribution >= 0.6 is 11.6 Å². The molecule has 0 amide bonds. The van der Waals surface area contributed by atoms with Gasteiger partial charge < -0.3 is 15.3 Å². The van der Waals surface area contributed by atoms with Crippen LogP contribution in [-0.4, -0.2) is 27.4 Å². The average molecular weight is 249 g/mol. The van der Waals surface area contributed by atoms with Crippen molar-refractivity contribution in [1.29, 1.82) is 0 Å². The van der Waals surface area contributed by atoms with Crippen molar-refractivity contribution in [3.05, 3.63) is 34.1 Å². The van der Waals surface area contributed by atoms with Crippen molar-refractivity contribution in [3.63, 3.8) is 0 Å². The number of aliphatic carboxylic acids is 1. The van der Waals surface area contributed by atoms with Gasteiger partial charge in [-0.1, -0.05) is 17.7 Å². The zero-order valence-electron chi connectivity index (χ0n) is 8.32. The largest absolute Gasteiger partial charge is 0.479 e. The third-order valence-electron chi connectivity index (χ3n) is 2.22. The first-order chi connectivity index (χ1) is 7.36. The molecule has 0 saturated carbocycles. The van der Waals surface area contributed by atoms with Gasteiger partial charge >= 0.3 is 5.97 Å². The summed E-state index contributed by atoms with van der Waals surface area (Å²) >= 11 is 5.74. The van der Waals surface area contributed by atoms with E-state index in [9.17, 15) is 14.3 Å². The van der Waals surface area contributed by atoms with Gasteiger partial charge in [-0.2, -0.15) is 0 Å². The highest BCUT2D eigenvalue weighted by Gasteiger charge is 2.27. The molecule has 1 rings (SSSR count). The van der Waals surface area contributed by atoms with E-state index in [0.29, 0.717) is 0 Å². The number of benzene rings is 1. The molecule has 16 heavy (non-hydrogen) atoms. The van der Waals surface area contributed by atoms with Crippen LogP contribution in [0.1, 0.15) is 17.2 Å². The number of carboxylic acids is 1. The molecule has 0 aliphatic heterocycles. The van der Waals surface area contributed by atoms with Crippen LogP contribution in [0.3, 0.4) is 0 Å². The van der Waals surface area contributed by atoms with E-state index in [1.165, 1.54) is 6.92 Å². The number of carbonyl (C=O) groups is 1. The Hall–Kier alpha value is -1.17. The quantitative estimate of drug-likeness (QED) is 0.753. The first kappa shape index (κ1) is 12.9. The fraction of sp³-hybridized carbons (Fsp3) is 0.300. The molecule has 1 aromatic rings. The smallest absolute Gasteiger partial charge is 0.335 e. The van der Waals surface area contributed by atoms with Crippen LogP contribution in [0.25, 0.3) is 0 Å². The Bertz CT molecular complexity index is 422. The van der Waals surface area contributed by atoms with Crippen LogP contribution < -0.4 is 0 Å². The Labute approximate surface area is 95.9 Å². The molecule has 3 N–H and O–H groups in total. The van der Waals surface area contributed by atoms with Crippen molar-refractivity contribution in [2.75, 3.05) is 0 Å². The third-order valence-corrected chi connectivity index (χ3v) is 2.72. The van der Waals surface area contributed by atoms with Gasteiger partial charge in [0.25, 0.3) is 0 Å². The van der Waals surface area contributed by atoms with E-state index in [2.05, 4.69) is 0 Å². The molecule has 4 nitrogen and oxygen atoms in total. The SMILES string of the molecule is Cc1c(F)ccc(C(O)C(O)C(=O)O)c1Cl. The lowest BCUT2D eigenvalue weighted by molar-refractivity contribution is -0.153. The van der Waals surface area contributed by atoms with Crippen molar-refractivity contribution < 1.29 is 24.5 Å². The molecule has 0 spiro atoms. The van der Waals surface area contributed by atoms with E-state index >= 15 is 0 Å². The summed E-state index contributed by atoms with van der Waals surface area (Å²) in [6.07, 6.45) is -3.69. The van der Waals surface area contributed by atoms with Crippen LogP contribution in [0.15, 0.2) is 12.1 Å². The topological polar surface area (TPSA) is 77.8 Å². The van der Waals surface area contributed by atoms with Crippen LogP contribution in [0.2, 0.25) is 5.02 Å². The highest BCUT2D eigenvalue weighted by atomic mass is 35.5. The Morgan fingerprint density at radius 1 is 1.44 bits per heavy atom. The molecule has 2 atom stereocenters. The molecular formula is C10H10ClFO4. The second-order valence-corrected chi connectivity index (χ2v) is 3.68. The lowest BCUT2D eigenvalue weighted by Gasteiger charge is -2.16. The van der Waals surface area contributed by atoms with E-state index in [1.54, 1.807) is 0 Å². The molecule has 0 aromatic heterocycles. The molecule has 0 aliphatic rings. The van der Waals surface area contributed by atoms with Gasteiger partial charge in [0.15, 0.2) is 6.10 Å². The third kappa shape index (κ3) is 2.32. The minimum atomic E-state index is -2.00. The second kappa shape index (κ2) is 4.78. The monoisotopic (exact) mass is 248 g/mol. The summed E-state index contributed by atoms with van der Waals surface area (Å²) in [5.74, 6) is -2.14. The van der Waals surface area contributed by atoms with Crippen molar-refractivity contribution in [3.8, 4) is 0 Å². The summed E-state index contributed by atoms with van der Waals surface area (Å²) in [7, 11) is 0. The van der Waals surface area contributed by atoms with Gasteiger partial charge in [-0.15, -0.1) is 0 Å². The predicted molar refractivity (Wildman–Crippen MR) is 54.7 cm³/mol. The Balaban J connectivity index is 3.14. The Kier molecular flexibility index (Phi) is 3.85. The summed E-state index contributed by atoms with van der Waals surface area (Å²) in [4.78, 5) is 10.5. The predicted octanol–water partition coefficient (Wildman–Crippen LogP) is 1.27. The van der Waals surface area contributed by atoms with Crippen LogP contribution in [0.5, 0.6) is 0 Å². The molecule has 1 aromatic carbocycles. The standard InChI is InChI=1S/C10H10ClFO4/c1-4-6(12)3-2-5(7(4)11)8(13)9(14)10(15)16/h2-3,8-9,13-14H,1H3,(H,15,16). The first-order valence-corrected chi connectivity index (χ1v) is 4.77. The highest BCUT2D eigenvalue weighted by Crippen LogP contribution is 2.29. The lowest BCUT2D eigenvalue weighted by Crippen LogP contribution is -2.27. The van der Waals surface area contributed by atoms with Gasteiger partial charge in [0.2, 0.25) is 0 Å². The van der Waals surface area contributed by atoms with Crippen LogP contribution in [0, 0.1) is 12.7 Å². The number of rotatable bonds is 3. The highest BCUT2D eigenvalue weighted by molar-refractivity contribution is 6.32. The molecule has 0 saturated heterocycles. The normalized spacial score (nSPS) is 14.6. The zero-order valence-corrected chi connectivity index (χ0v) is 9.07. The van der Waals surface area contributed by atoms with E-state index in [4.69, 9.17) is 21.8 Å². The average Bonchev–Trinajstić information content (AvgIpc) is 2.24. The van der Waals surface area contributed by atoms with E-state index in [-0.39, 0.29) is 16.1 Å². The van der Waals surface area contributed by atoms with Crippen LogP contribution in [-0.2, 0) is 4.79 Å². The minimum Gasteiger partial charge on any atom is -0.479 e. The number of halogens is 2. The van der Waals surface area contributed by atoms with Crippen molar-refractivity contribution in [2.45, 2.75) is 19.1 Å². The summed E-state index contributed by atoms with van der Waals surface area (Å²) in [5, 5.41) is 27.1. The molecular weight excluding hydrogens is 239 g/mol. The van der Waals surface area contributed by atoms with Crippen molar-refractivity contribution >= 4 is 17.6 Å².